The van der Waals surface area contributed by atoms with Crippen LogP contribution in [-0.2, 0) is 17.6 Å². The lowest BCUT2D eigenvalue weighted by Crippen LogP contribution is -2.06. The lowest BCUT2D eigenvalue weighted by atomic mass is 9.98. The first kappa shape index (κ1) is 14.3. The maximum Gasteiger partial charge on any atom is 0.338 e. The number of rotatable bonds is 4. The summed E-state index contributed by atoms with van der Waals surface area (Å²) in [5, 5.41) is 0. The molecule has 0 heterocycles. The van der Waals surface area contributed by atoms with E-state index in [0.29, 0.717) is 5.56 Å². The van der Waals surface area contributed by atoms with Gasteiger partial charge in [-0.25, -0.2) is 4.79 Å². The topological polar surface area (TPSA) is 26.3 Å². The maximum absolute atomic E-state index is 11.7. The molecule has 0 aliphatic heterocycles. The minimum atomic E-state index is -0.263. The zero-order chi connectivity index (χ0) is 14.5. The average molecular weight is 268 g/mol. The lowest BCUT2D eigenvalue weighted by Gasteiger charge is -2.09. The number of benzene rings is 2. The molecule has 104 valence electrons. The molecule has 0 amide bonds. The number of aryl methyl sites for hydroxylation is 4. The Balaban J connectivity index is 2.16. The van der Waals surface area contributed by atoms with Gasteiger partial charge >= 0.3 is 5.97 Å². The second-order valence-corrected chi connectivity index (χ2v) is 5.14. The molecule has 2 heteroatoms. The molecule has 2 aromatic rings. The molecule has 0 radical (unpaired) electrons. The number of carbonyl (C=O) groups is 1. The van der Waals surface area contributed by atoms with E-state index >= 15 is 0 Å². The molecule has 0 saturated heterocycles. The molecule has 0 spiro atoms. The van der Waals surface area contributed by atoms with Crippen LogP contribution in [0.3, 0.4) is 0 Å². The van der Waals surface area contributed by atoms with E-state index in [4.69, 9.17) is 4.74 Å². The summed E-state index contributed by atoms with van der Waals surface area (Å²) in [5.41, 5.74) is 5.57. The van der Waals surface area contributed by atoms with Gasteiger partial charge in [0.1, 0.15) is 0 Å². The van der Waals surface area contributed by atoms with Crippen LogP contribution in [0.25, 0.3) is 0 Å². The smallest absolute Gasteiger partial charge is 0.338 e. The molecule has 0 aliphatic rings. The number of hydrogen-bond acceptors (Lipinski definition) is 2. The van der Waals surface area contributed by atoms with Gasteiger partial charge in [0, 0.05) is 0 Å². The lowest BCUT2D eigenvalue weighted by molar-refractivity contribution is 0.0599. The summed E-state index contributed by atoms with van der Waals surface area (Å²) in [6, 6.07) is 14.2. The summed E-state index contributed by atoms with van der Waals surface area (Å²) >= 11 is 0. The van der Waals surface area contributed by atoms with Crippen LogP contribution in [-0.4, -0.2) is 13.1 Å². The highest BCUT2D eigenvalue weighted by Crippen LogP contribution is 2.15. The Hall–Kier alpha value is -2.09. The van der Waals surface area contributed by atoms with Gasteiger partial charge < -0.3 is 4.74 Å². The molecule has 0 atom stereocenters. The van der Waals surface area contributed by atoms with Crippen LogP contribution in [0, 0.1) is 13.8 Å². The molecule has 0 aromatic heterocycles. The van der Waals surface area contributed by atoms with Crippen molar-refractivity contribution < 1.29 is 9.53 Å². The van der Waals surface area contributed by atoms with Crippen LogP contribution >= 0.6 is 0 Å². The van der Waals surface area contributed by atoms with Gasteiger partial charge in [-0.2, -0.15) is 0 Å². The van der Waals surface area contributed by atoms with E-state index in [0.717, 1.165) is 18.4 Å². The van der Waals surface area contributed by atoms with Gasteiger partial charge in [-0.3, -0.25) is 0 Å². The van der Waals surface area contributed by atoms with Crippen molar-refractivity contribution in [2.24, 2.45) is 0 Å². The van der Waals surface area contributed by atoms with E-state index in [-0.39, 0.29) is 5.97 Å². The highest BCUT2D eigenvalue weighted by Gasteiger charge is 2.10. The first-order chi connectivity index (χ1) is 9.60. The van der Waals surface area contributed by atoms with Crippen molar-refractivity contribution in [3.05, 3.63) is 70.3 Å². The van der Waals surface area contributed by atoms with Gasteiger partial charge in [0.05, 0.1) is 12.7 Å². The number of methoxy groups -OCH3 is 1. The molecule has 20 heavy (non-hydrogen) atoms. The molecule has 0 bridgehead atoms. The van der Waals surface area contributed by atoms with E-state index in [1.54, 1.807) is 0 Å². The SMILES string of the molecule is COC(=O)c1ccccc1CCc1cc(C)cc(C)c1. The fourth-order valence-electron chi connectivity index (χ4n) is 2.54. The van der Waals surface area contributed by atoms with E-state index in [1.165, 1.54) is 23.8 Å². The van der Waals surface area contributed by atoms with Crippen LogP contribution in [0.15, 0.2) is 42.5 Å². The normalized spacial score (nSPS) is 10.3. The maximum atomic E-state index is 11.7. The Labute approximate surface area is 120 Å². The van der Waals surface area contributed by atoms with Crippen LogP contribution in [0.1, 0.15) is 32.6 Å². The first-order valence-electron chi connectivity index (χ1n) is 6.83. The largest absolute Gasteiger partial charge is 0.465 e. The van der Waals surface area contributed by atoms with Crippen LogP contribution in [0.5, 0.6) is 0 Å². The van der Waals surface area contributed by atoms with Crippen LogP contribution in [0.4, 0.5) is 0 Å². The van der Waals surface area contributed by atoms with Gasteiger partial charge in [-0.1, -0.05) is 47.5 Å². The molecule has 0 fully saturated rings. The van der Waals surface area contributed by atoms with Crippen LogP contribution < -0.4 is 0 Å². The minimum Gasteiger partial charge on any atom is -0.465 e. The number of esters is 1. The summed E-state index contributed by atoms with van der Waals surface area (Å²) in [4.78, 5) is 11.7. The Bertz CT molecular complexity index is 594. The van der Waals surface area contributed by atoms with Gasteiger partial charge in [0.2, 0.25) is 0 Å². The quantitative estimate of drug-likeness (QED) is 0.787. The fraction of sp³-hybridized carbons (Fsp3) is 0.278. The summed E-state index contributed by atoms with van der Waals surface area (Å²) in [6.07, 6.45) is 1.77. The first-order valence-corrected chi connectivity index (χ1v) is 6.83. The van der Waals surface area contributed by atoms with Crippen molar-refractivity contribution in [3.63, 3.8) is 0 Å². The molecular weight excluding hydrogens is 248 g/mol. The van der Waals surface area contributed by atoms with E-state index in [1.807, 2.05) is 24.3 Å². The zero-order valence-corrected chi connectivity index (χ0v) is 12.3. The Morgan fingerprint density at radius 3 is 2.30 bits per heavy atom. The van der Waals surface area contributed by atoms with Crippen LogP contribution in [0.2, 0.25) is 0 Å². The minimum absolute atomic E-state index is 0.263. The summed E-state index contributed by atoms with van der Waals surface area (Å²) in [7, 11) is 1.42. The van der Waals surface area contributed by atoms with Crippen molar-refractivity contribution in [1.29, 1.82) is 0 Å². The van der Waals surface area contributed by atoms with Crippen molar-refractivity contribution in [1.82, 2.24) is 0 Å². The van der Waals surface area contributed by atoms with E-state index in [2.05, 4.69) is 32.0 Å². The van der Waals surface area contributed by atoms with Gasteiger partial charge in [-0.15, -0.1) is 0 Å². The van der Waals surface area contributed by atoms with Gasteiger partial charge in [0.15, 0.2) is 0 Å². The van der Waals surface area contributed by atoms with Crippen molar-refractivity contribution >= 4 is 5.97 Å². The third kappa shape index (κ3) is 3.47. The molecule has 0 N–H and O–H groups in total. The Morgan fingerprint density at radius 1 is 1.00 bits per heavy atom. The van der Waals surface area contributed by atoms with Crippen molar-refractivity contribution in [3.8, 4) is 0 Å². The summed E-state index contributed by atoms with van der Waals surface area (Å²) in [6.45, 7) is 4.22. The second-order valence-electron chi connectivity index (χ2n) is 5.14. The van der Waals surface area contributed by atoms with Gasteiger partial charge in [-0.05, 0) is 43.9 Å². The highest BCUT2D eigenvalue weighted by atomic mass is 16.5. The number of carbonyl (C=O) groups excluding carboxylic acids is 1. The second kappa shape index (κ2) is 6.38. The highest BCUT2D eigenvalue weighted by molar-refractivity contribution is 5.90. The predicted molar refractivity (Wildman–Crippen MR) is 81.1 cm³/mol. The average Bonchev–Trinajstić information content (AvgIpc) is 2.43. The summed E-state index contributed by atoms with van der Waals surface area (Å²) < 4.78 is 4.83. The molecule has 0 unspecified atom stereocenters. The predicted octanol–water partition coefficient (Wildman–Crippen LogP) is 3.88. The van der Waals surface area contributed by atoms with E-state index < -0.39 is 0 Å². The molecular formula is C18H20O2. The molecule has 0 aliphatic carbocycles. The van der Waals surface area contributed by atoms with Crippen molar-refractivity contribution in [2.45, 2.75) is 26.7 Å². The monoisotopic (exact) mass is 268 g/mol. The zero-order valence-electron chi connectivity index (χ0n) is 12.3. The molecule has 2 rings (SSSR count). The Morgan fingerprint density at radius 2 is 1.65 bits per heavy atom. The van der Waals surface area contributed by atoms with E-state index in [9.17, 15) is 4.79 Å². The molecule has 2 nitrogen and oxygen atoms in total. The third-order valence-corrected chi connectivity index (χ3v) is 3.39. The van der Waals surface area contributed by atoms with Gasteiger partial charge in [0.25, 0.3) is 0 Å². The molecule has 2 aromatic carbocycles. The van der Waals surface area contributed by atoms with Crippen molar-refractivity contribution in [2.75, 3.05) is 7.11 Å². The standard InChI is InChI=1S/C18H20O2/c1-13-10-14(2)12-15(11-13)8-9-16-6-4-5-7-17(16)18(19)20-3/h4-7,10-12H,8-9H2,1-3H3. The third-order valence-electron chi connectivity index (χ3n) is 3.39. The Kier molecular flexibility index (Phi) is 4.57. The summed E-state index contributed by atoms with van der Waals surface area (Å²) in [5.74, 6) is -0.263. The fourth-order valence-corrected chi connectivity index (χ4v) is 2.54. The number of hydrogen-bond donors (Lipinski definition) is 0. The number of ether oxygens (including phenoxy) is 1. The molecule has 0 saturated carbocycles.